The van der Waals surface area contributed by atoms with Gasteiger partial charge in [0.05, 0.1) is 11.3 Å². The maximum Gasteiger partial charge on any atom is 0.333 e. The van der Waals surface area contributed by atoms with Crippen molar-refractivity contribution >= 4 is 0 Å². The van der Waals surface area contributed by atoms with E-state index in [1.54, 1.807) is 17.9 Å². The lowest BCUT2D eigenvalue weighted by molar-refractivity contribution is 0.0568. The van der Waals surface area contributed by atoms with Gasteiger partial charge in [0.1, 0.15) is 5.69 Å². The molecule has 0 fully saturated rings. The lowest BCUT2D eigenvalue weighted by Gasteiger charge is -1.95. The fourth-order valence-corrected chi connectivity index (χ4v) is 1.81. The average Bonchev–Trinajstić information content (AvgIpc) is 3.07. The van der Waals surface area contributed by atoms with Crippen molar-refractivity contribution in [2.45, 2.75) is 13.5 Å². The predicted molar refractivity (Wildman–Crippen MR) is 63.7 cm³/mol. The topological polar surface area (TPSA) is 74.6 Å². The molecule has 0 aliphatic carbocycles. The first kappa shape index (κ1) is 12.5. The molecule has 104 valence electrons. The van der Waals surface area contributed by atoms with Crippen molar-refractivity contribution in [3.05, 3.63) is 24.2 Å². The summed E-state index contributed by atoms with van der Waals surface area (Å²) in [5, 5.41) is 15.5. The Morgan fingerprint density at radius 3 is 2.55 bits per heavy atom. The normalized spacial score (nSPS) is 11.4. The maximum absolute atomic E-state index is 12.4. The van der Waals surface area contributed by atoms with E-state index in [0.29, 0.717) is 10.2 Å². The summed E-state index contributed by atoms with van der Waals surface area (Å²) in [6.07, 6.45) is 2.89. The molecule has 0 radical (unpaired) electrons. The van der Waals surface area contributed by atoms with Gasteiger partial charge in [-0.05, 0) is 13.0 Å². The van der Waals surface area contributed by atoms with Crippen LogP contribution < -0.4 is 0 Å². The second kappa shape index (κ2) is 4.51. The Morgan fingerprint density at radius 2 is 1.95 bits per heavy atom. The second-order valence-corrected chi connectivity index (χ2v) is 4.17. The molecule has 0 aromatic carbocycles. The van der Waals surface area contributed by atoms with Gasteiger partial charge in [0.25, 0.3) is 11.8 Å². The first-order valence-electron chi connectivity index (χ1n) is 5.72. The molecule has 3 rings (SSSR count). The third-order valence-electron chi connectivity index (χ3n) is 2.70. The zero-order chi connectivity index (χ0) is 14.3. The van der Waals surface area contributed by atoms with Gasteiger partial charge in [-0.1, -0.05) is 0 Å². The first-order valence-corrected chi connectivity index (χ1v) is 5.72. The fourth-order valence-electron chi connectivity index (χ4n) is 1.81. The molecule has 0 aliphatic heterocycles. The highest BCUT2D eigenvalue weighted by Gasteiger charge is 2.17. The number of hydrogen-bond acceptors (Lipinski definition) is 5. The Kier molecular flexibility index (Phi) is 2.81. The van der Waals surface area contributed by atoms with Crippen LogP contribution in [0.3, 0.4) is 0 Å². The quantitative estimate of drug-likeness (QED) is 0.734. The van der Waals surface area contributed by atoms with Crippen LogP contribution in [0.15, 0.2) is 22.9 Å². The predicted octanol–water partition coefficient (Wildman–Crippen LogP) is 2.04. The van der Waals surface area contributed by atoms with Gasteiger partial charge in [-0.3, -0.25) is 4.68 Å². The zero-order valence-corrected chi connectivity index (χ0v) is 10.7. The Balaban J connectivity index is 1.95. The standard InChI is InChI=1S/C11H10F2N6O/c1-6-7(5-18(2)16-6)9-14-15-10(20-9)8-3-4-19(17-8)11(12)13/h3-5,11H,1-2H3. The minimum absolute atomic E-state index is 0.0858. The van der Waals surface area contributed by atoms with Gasteiger partial charge >= 0.3 is 6.55 Å². The molecule has 0 atom stereocenters. The van der Waals surface area contributed by atoms with E-state index < -0.39 is 6.55 Å². The maximum atomic E-state index is 12.4. The zero-order valence-electron chi connectivity index (χ0n) is 10.7. The van der Waals surface area contributed by atoms with Crippen LogP contribution in [-0.4, -0.2) is 29.8 Å². The number of alkyl halides is 2. The third kappa shape index (κ3) is 2.06. The molecule has 0 spiro atoms. The third-order valence-corrected chi connectivity index (χ3v) is 2.70. The van der Waals surface area contributed by atoms with Gasteiger partial charge in [-0.2, -0.15) is 19.0 Å². The SMILES string of the molecule is Cc1nn(C)cc1-c1nnc(-c2ccn(C(F)F)n2)o1. The van der Waals surface area contributed by atoms with Crippen LogP contribution in [0.1, 0.15) is 12.2 Å². The molecule has 0 N–H and O–H groups in total. The lowest BCUT2D eigenvalue weighted by atomic mass is 10.3. The summed E-state index contributed by atoms with van der Waals surface area (Å²) < 4.78 is 32.5. The molecule has 0 saturated carbocycles. The van der Waals surface area contributed by atoms with Crippen molar-refractivity contribution in [3.63, 3.8) is 0 Å². The van der Waals surface area contributed by atoms with Crippen molar-refractivity contribution in [1.82, 2.24) is 29.8 Å². The highest BCUT2D eigenvalue weighted by atomic mass is 19.3. The molecule has 0 unspecified atom stereocenters. The van der Waals surface area contributed by atoms with Gasteiger partial charge in [-0.15, -0.1) is 10.2 Å². The molecule has 3 heterocycles. The molecule has 0 bridgehead atoms. The second-order valence-electron chi connectivity index (χ2n) is 4.17. The monoisotopic (exact) mass is 280 g/mol. The highest BCUT2D eigenvalue weighted by Crippen LogP contribution is 2.25. The van der Waals surface area contributed by atoms with Crippen molar-refractivity contribution < 1.29 is 13.2 Å². The van der Waals surface area contributed by atoms with E-state index in [-0.39, 0.29) is 17.5 Å². The van der Waals surface area contributed by atoms with Crippen molar-refractivity contribution in [1.29, 1.82) is 0 Å². The number of aryl methyl sites for hydroxylation is 2. The van der Waals surface area contributed by atoms with E-state index in [2.05, 4.69) is 20.4 Å². The molecule has 3 aromatic heterocycles. The molecule has 0 aliphatic rings. The Bertz CT molecular complexity index is 744. The van der Waals surface area contributed by atoms with E-state index in [9.17, 15) is 8.78 Å². The summed E-state index contributed by atoms with van der Waals surface area (Å²) in [6, 6.07) is 1.39. The van der Waals surface area contributed by atoms with Gasteiger partial charge < -0.3 is 4.42 Å². The van der Waals surface area contributed by atoms with Crippen LogP contribution in [0.4, 0.5) is 8.78 Å². The smallest absolute Gasteiger partial charge is 0.333 e. The number of halogens is 2. The number of aromatic nitrogens is 6. The van der Waals surface area contributed by atoms with Gasteiger partial charge in [0.2, 0.25) is 0 Å². The lowest BCUT2D eigenvalue weighted by Crippen LogP contribution is -1.98. The van der Waals surface area contributed by atoms with Gasteiger partial charge in [-0.25, -0.2) is 4.68 Å². The summed E-state index contributed by atoms with van der Waals surface area (Å²) in [5.41, 5.74) is 1.63. The summed E-state index contributed by atoms with van der Waals surface area (Å²) in [6.45, 7) is -0.892. The Labute approximate surface area is 111 Å². The van der Waals surface area contributed by atoms with Crippen LogP contribution in [0.5, 0.6) is 0 Å². The van der Waals surface area contributed by atoms with Crippen LogP contribution in [0.25, 0.3) is 23.0 Å². The number of rotatable bonds is 3. The summed E-state index contributed by atoms with van der Waals surface area (Å²) in [5.74, 6) is 0.361. The van der Waals surface area contributed by atoms with E-state index in [0.717, 1.165) is 11.9 Å². The van der Waals surface area contributed by atoms with Crippen LogP contribution in [0.2, 0.25) is 0 Å². The molecule has 9 heteroatoms. The van der Waals surface area contributed by atoms with Crippen LogP contribution >= 0.6 is 0 Å². The largest absolute Gasteiger partial charge is 0.414 e. The van der Waals surface area contributed by atoms with Gasteiger partial charge in [0.15, 0.2) is 0 Å². The Morgan fingerprint density at radius 1 is 1.20 bits per heavy atom. The fraction of sp³-hybridized carbons (Fsp3) is 0.273. The van der Waals surface area contributed by atoms with Crippen LogP contribution in [0, 0.1) is 6.92 Å². The van der Waals surface area contributed by atoms with Crippen molar-refractivity contribution in [3.8, 4) is 23.0 Å². The number of nitrogens with zero attached hydrogens (tertiary/aromatic N) is 6. The minimum Gasteiger partial charge on any atom is -0.414 e. The van der Waals surface area contributed by atoms with Gasteiger partial charge in [0, 0.05) is 19.4 Å². The van der Waals surface area contributed by atoms with Crippen molar-refractivity contribution in [2.24, 2.45) is 7.05 Å². The summed E-state index contributed by atoms with van der Waals surface area (Å²) in [4.78, 5) is 0. The van der Waals surface area contributed by atoms with E-state index >= 15 is 0 Å². The molecular weight excluding hydrogens is 270 g/mol. The molecular formula is C11H10F2N6O. The molecule has 3 aromatic rings. The molecule has 0 saturated heterocycles. The summed E-state index contributed by atoms with van der Waals surface area (Å²) in [7, 11) is 1.78. The number of hydrogen-bond donors (Lipinski definition) is 0. The van der Waals surface area contributed by atoms with Crippen LogP contribution in [-0.2, 0) is 7.05 Å². The highest BCUT2D eigenvalue weighted by molar-refractivity contribution is 5.56. The minimum atomic E-state index is -2.70. The Hall–Kier alpha value is -2.58. The molecule has 7 nitrogen and oxygen atoms in total. The molecule has 0 amide bonds. The van der Waals surface area contributed by atoms with E-state index in [1.165, 1.54) is 6.07 Å². The van der Waals surface area contributed by atoms with Crippen molar-refractivity contribution in [2.75, 3.05) is 0 Å². The van der Waals surface area contributed by atoms with E-state index in [1.807, 2.05) is 6.92 Å². The van der Waals surface area contributed by atoms with E-state index in [4.69, 9.17) is 4.42 Å². The first-order chi connectivity index (χ1) is 9.54. The average molecular weight is 280 g/mol. The summed E-state index contributed by atoms with van der Waals surface area (Å²) >= 11 is 0. The molecule has 20 heavy (non-hydrogen) atoms.